The van der Waals surface area contributed by atoms with Crippen LogP contribution in [0.3, 0.4) is 0 Å². The Morgan fingerprint density at radius 2 is 1.71 bits per heavy atom. The average molecular weight is 379 g/mol. The van der Waals surface area contributed by atoms with Gasteiger partial charge in [0.2, 0.25) is 5.91 Å². The number of para-hydroxylation sites is 1. The fourth-order valence-electron chi connectivity index (χ4n) is 3.95. The first-order valence-corrected chi connectivity index (χ1v) is 9.99. The van der Waals surface area contributed by atoms with Crippen LogP contribution >= 0.6 is 0 Å². The van der Waals surface area contributed by atoms with E-state index in [9.17, 15) is 9.18 Å². The molecule has 2 heterocycles. The number of H-pyrrole nitrogens is 1. The van der Waals surface area contributed by atoms with Gasteiger partial charge in [-0.05, 0) is 30.5 Å². The number of halogens is 1. The van der Waals surface area contributed by atoms with E-state index in [-0.39, 0.29) is 11.7 Å². The fourth-order valence-corrected chi connectivity index (χ4v) is 3.95. The number of carbonyl (C=O) groups is 1. The Balaban J connectivity index is 1.22. The highest BCUT2D eigenvalue weighted by Crippen LogP contribution is 2.20. The Kier molecular flexibility index (Phi) is 5.72. The third kappa shape index (κ3) is 4.25. The summed E-state index contributed by atoms with van der Waals surface area (Å²) in [6.45, 7) is 3.64. The number of rotatable bonds is 6. The van der Waals surface area contributed by atoms with Crippen LogP contribution in [0.4, 0.5) is 4.39 Å². The zero-order valence-electron chi connectivity index (χ0n) is 16.0. The van der Waals surface area contributed by atoms with Gasteiger partial charge in [-0.3, -0.25) is 9.69 Å². The smallest absolute Gasteiger partial charge is 0.222 e. The van der Waals surface area contributed by atoms with Gasteiger partial charge >= 0.3 is 0 Å². The maximum atomic E-state index is 13.8. The topological polar surface area (TPSA) is 39.3 Å². The van der Waals surface area contributed by atoms with Gasteiger partial charge in [-0.2, -0.15) is 0 Å². The number of nitrogens with zero attached hydrogens (tertiary/aromatic N) is 2. The summed E-state index contributed by atoms with van der Waals surface area (Å²) >= 11 is 0. The van der Waals surface area contributed by atoms with E-state index < -0.39 is 0 Å². The van der Waals surface area contributed by atoms with E-state index >= 15 is 0 Å². The molecule has 28 heavy (non-hydrogen) atoms. The minimum absolute atomic E-state index is 0.154. The number of nitrogens with one attached hydrogen (secondary N) is 1. The van der Waals surface area contributed by atoms with Crippen LogP contribution in [0.2, 0.25) is 0 Å². The van der Waals surface area contributed by atoms with Gasteiger partial charge < -0.3 is 9.88 Å². The van der Waals surface area contributed by atoms with E-state index in [0.717, 1.165) is 50.1 Å². The molecule has 1 fully saturated rings. The van der Waals surface area contributed by atoms with Gasteiger partial charge in [0, 0.05) is 61.8 Å². The molecule has 146 valence electrons. The van der Waals surface area contributed by atoms with Crippen LogP contribution < -0.4 is 0 Å². The highest BCUT2D eigenvalue weighted by Gasteiger charge is 2.21. The van der Waals surface area contributed by atoms with Crippen LogP contribution in [-0.2, 0) is 17.8 Å². The Labute approximate surface area is 165 Å². The van der Waals surface area contributed by atoms with Crippen LogP contribution in [0.1, 0.15) is 24.0 Å². The second-order valence-corrected chi connectivity index (χ2v) is 7.46. The number of amides is 1. The maximum absolute atomic E-state index is 13.8. The van der Waals surface area contributed by atoms with E-state index in [0.29, 0.717) is 13.0 Å². The number of benzene rings is 2. The monoisotopic (exact) mass is 379 g/mol. The molecule has 1 aliphatic rings. The van der Waals surface area contributed by atoms with E-state index in [2.05, 4.69) is 28.2 Å². The van der Waals surface area contributed by atoms with E-state index in [1.165, 1.54) is 17.0 Å². The largest absolute Gasteiger partial charge is 0.361 e. The van der Waals surface area contributed by atoms with Crippen LogP contribution in [0.5, 0.6) is 0 Å². The minimum Gasteiger partial charge on any atom is -0.361 e. The molecule has 1 aromatic heterocycles. The van der Waals surface area contributed by atoms with Gasteiger partial charge in [-0.25, -0.2) is 4.39 Å². The van der Waals surface area contributed by atoms with Crippen molar-refractivity contribution in [3.8, 4) is 0 Å². The lowest BCUT2D eigenvalue weighted by Gasteiger charge is -2.35. The molecule has 3 aromatic rings. The van der Waals surface area contributed by atoms with Crippen molar-refractivity contribution in [2.45, 2.75) is 25.8 Å². The van der Waals surface area contributed by atoms with E-state index in [1.807, 2.05) is 29.2 Å². The fraction of sp³-hybridized carbons (Fsp3) is 0.348. The molecular weight excluding hydrogens is 353 g/mol. The van der Waals surface area contributed by atoms with Crippen molar-refractivity contribution >= 4 is 16.8 Å². The second kappa shape index (κ2) is 8.57. The summed E-state index contributed by atoms with van der Waals surface area (Å²) < 4.78 is 13.8. The molecule has 0 unspecified atom stereocenters. The van der Waals surface area contributed by atoms with Gasteiger partial charge in [0.15, 0.2) is 0 Å². The number of aromatic amines is 1. The van der Waals surface area contributed by atoms with Crippen LogP contribution in [0.25, 0.3) is 10.9 Å². The van der Waals surface area contributed by atoms with Crippen molar-refractivity contribution < 1.29 is 9.18 Å². The lowest BCUT2D eigenvalue weighted by atomic mass is 10.1. The zero-order chi connectivity index (χ0) is 19.3. The van der Waals surface area contributed by atoms with Crippen molar-refractivity contribution in [2.75, 3.05) is 26.2 Å². The van der Waals surface area contributed by atoms with Gasteiger partial charge in [0.25, 0.3) is 0 Å². The maximum Gasteiger partial charge on any atom is 0.222 e. The zero-order valence-corrected chi connectivity index (χ0v) is 16.0. The van der Waals surface area contributed by atoms with Crippen molar-refractivity contribution in [2.24, 2.45) is 0 Å². The summed E-state index contributed by atoms with van der Waals surface area (Å²) in [6, 6.07) is 15.2. The summed E-state index contributed by atoms with van der Waals surface area (Å²) in [5.74, 6) is 0.0728. The van der Waals surface area contributed by atoms with Gasteiger partial charge in [-0.1, -0.05) is 36.4 Å². The minimum atomic E-state index is -0.154. The van der Waals surface area contributed by atoms with Crippen molar-refractivity contribution in [1.29, 1.82) is 0 Å². The molecule has 0 radical (unpaired) electrons. The Morgan fingerprint density at radius 3 is 2.54 bits per heavy atom. The Hall–Kier alpha value is -2.66. The van der Waals surface area contributed by atoms with Crippen molar-refractivity contribution in [3.05, 3.63) is 71.7 Å². The number of piperazine rings is 1. The highest BCUT2D eigenvalue weighted by atomic mass is 19.1. The number of hydrogen-bond donors (Lipinski definition) is 1. The summed E-state index contributed by atoms with van der Waals surface area (Å²) in [5, 5.41) is 1.25. The number of hydrogen-bond acceptors (Lipinski definition) is 2. The first-order valence-electron chi connectivity index (χ1n) is 9.99. The predicted molar refractivity (Wildman–Crippen MR) is 109 cm³/mol. The quantitative estimate of drug-likeness (QED) is 0.704. The van der Waals surface area contributed by atoms with Gasteiger partial charge in [0.05, 0.1) is 0 Å². The molecule has 1 amide bonds. The molecule has 0 aliphatic carbocycles. The van der Waals surface area contributed by atoms with Crippen molar-refractivity contribution in [3.63, 3.8) is 0 Å². The number of aryl methyl sites for hydroxylation is 1. The second-order valence-electron chi connectivity index (χ2n) is 7.46. The summed E-state index contributed by atoms with van der Waals surface area (Å²) in [7, 11) is 0. The molecule has 5 heteroatoms. The molecule has 1 N–H and O–H groups in total. The SMILES string of the molecule is O=C(CCCc1c[nH]c2ccccc12)N1CCN(Cc2ccccc2F)CC1. The van der Waals surface area contributed by atoms with Crippen LogP contribution in [0.15, 0.2) is 54.7 Å². The normalized spacial score (nSPS) is 15.2. The molecule has 1 aliphatic heterocycles. The summed E-state index contributed by atoms with van der Waals surface area (Å²) in [4.78, 5) is 20.0. The number of fused-ring (bicyclic) bond motifs is 1. The molecule has 0 atom stereocenters. The third-order valence-corrected chi connectivity index (χ3v) is 5.59. The van der Waals surface area contributed by atoms with E-state index in [4.69, 9.17) is 0 Å². The molecule has 0 bridgehead atoms. The Bertz CT molecular complexity index is 944. The standard InChI is InChI=1S/C23H26FN3O/c24-21-9-3-1-6-19(21)17-26-12-14-27(15-13-26)23(28)11-5-7-18-16-25-22-10-4-2-8-20(18)22/h1-4,6,8-10,16,25H,5,7,11-15,17H2. The van der Waals surface area contributed by atoms with E-state index in [1.54, 1.807) is 6.07 Å². The van der Waals surface area contributed by atoms with Gasteiger partial charge in [-0.15, -0.1) is 0 Å². The van der Waals surface area contributed by atoms with Crippen LogP contribution in [0, 0.1) is 5.82 Å². The molecular formula is C23H26FN3O. The van der Waals surface area contributed by atoms with Crippen LogP contribution in [-0.4, -0.2) is 46.9 Å². The molecule has 0 spiro atoms. The third-order valence-electron chi connectivity index (χ3n) is 5.59. The Morgan fingerprint density at radius 1 is 0.964 bits per heavy atom. The number of aromatic nitrogens is 1. The van der Waals surface area contributed by atoms with Gasteiger partial charge in [0.1, 0.15) is 5.82 Å². The first-order chi connectivity index (χ1) is 13.7. The first kappa shape index (κ1) is 18.7. The molecule has 0 saturated carbocycles. The lowest BCUT2D eigenvalue weighted by molar-refractivity contribution is -0.133. The molecule has 1 saturated heterocycles. The summed E-state index contributed by atoms with van der Waals surface area (Å²) in [6.07, 6.45) is 4.39. The lowest BCUT2D eigenvalue weighted by Crippen LogP contribution is -2.48. The summed E-state index contributed by atoms with van der Waals surface area (Å²) in [5.41, 5.74) is 3.15. The number of carbonyl (C=O) groups excluding carboxylic acids is 1. The highest BCUT2D eigenvalue weighted by molar-refractivity contribution is 5.83. The molecule has 2 aromatic carbocycles. The molecule has 4 nitrogen and oxygen atoms in total. The average Bonchev–Trinajstić information content (AvgIpc) is 3.13. The van der Waals surface area contributed by atoms with Crippen molar-refractivity contribution in [1.82, 2.24) is 14.8 Å². The molecule has 4 rings (SSSR count). The predicted octanol–water partition coefficient (Wildman–Crippen LogP) is 3.97.